The zero-order valence-corrected chi connectivity index (χ0v) is 15.0. The minimum atomic E-state index is -1.37. The van der Waals surface area contributed by atoms with Crippen molar-refractivity contribution in [3.63, 3.8) is 0 Å². The molecular formula is C17H12N6O4S. The summed E-state index contributed by atoms with van der Waals surface area (Å²) in [6, 6.07) is 6.91. The van der Waals surface area contributed by atoms with Crippen molar-refractivity contribution in [2.75, 3.05) is 12.3 Å². The Morgan fingerprint density at radius 3 is 2.50 bits per heavy atom. The van der Waals surface area contributed by atoms with E-state index >= 15 is 0 Å². The third-order valence-electron chi connectivity index (χ3n) is 4.81. The molecule has 2 aromatic carbocycles. The van der Waals surface area contributed by atoms with Crippen LogP contribution in [0.25, 0.3) is 11.1 Å². The van der Waals surface area contributed by atoms with Crippen LogP contribution in [0.15, 0.2) is 53.2 Å². The zero-order chi connectivity index (χ0) is 20.2. The van der Waals surface area contributed by atoms with Gasteiger partial charge in [0.05, 0.1) is 9.85 Å². The van der Waals surface area contributed by atoms with Gasteiger partial charge in [0.25, 0.3) is 11.4 Å². The van der Waals surface area contributed by atoms with Crippen LogP contribution in [-0.2, 0) is 5.66 Å². The van der Waals surface area contributed by atoms with E-state index in [4.69, 9.17) is 18.0 Å². The van der Waals surface area contributed by atoms with Crippen LogP contribution in [0.1, 0.15) is 11.1 Å². The predicted molar refractivity (Wildman–Crippen MR) is 105 cm³/mol. The molecule has 1 unspecified atom stereocenters. The van der Waals surface area contributed by atoms with E-state index in [0.29, 0.717) is 22.3 Å². The second-order valence-electron chi connectivity index (χ2n) is 6.26. The molecule has 2 N–H and O–H groups in total. The third-order valence-corrected chi connectivity index (χ3v) is 5.11. The summed E-state index contributed by atoms with van der Waals surface area (Å²) in [5.41, 5.74) is 6.53. The highest BCUT2D eigenvalue weighted by Crippen LogP contribution is 2.57. The number of hydrogen-bond acceptors (Lipinski definition) is 7. The molecule has 0 fully saturated rings. The molecule has 1 heterocycles. The number of thiocarbonyl (C=S) groups is 1. The van der Waals surface area contributed by atoms with Gasteiger partial charge in [0.15, 0.2) is 0 Å². The van der Waals surface area contributed by atoms with Gasteiger partial charge in [-0.2, -0.15) is 0 Å². The monoisotopic (exact) mass is 396 g/mol. The van der Waals surface area contributed by atoms with Gasteiger partial charge in [-0.15, -0.1) is 16.8 Å². The molecule has 1 spiro atoms. The second kappa shape index (κ2) is 5.89. The Kier molecular flexibility index (Phi) is 3.72. The molecule has 10 nitrogen and oxygen atoms in total. The Morgan fingerprint density at radius 1 is 1.18 bits per heavy atom. The average Bonchev–Trinajstić information content (AvgIpc) is 3.13. The summed E-state index contributed by atoms with van der Waals surface area (Å²) in [5, 5.41) is 31.2. The molecule has 0 aromatic heterocycles. The summed E-state index contributed by atoms with van der Waals surface area (Å²) in [6.07, 6.45) is 1.58. The number of nitrogen functional groups attached to an aromatic ring is 1. The maximum Gasteiger partial charge on any atom is 0.271 e. The maximum absolute atomic E-state index is 11.4. The maximum atomic E-state index is 11.4. The predicted octanol–water partition coefficient (Wildman–Crippen LogP) is 3.51. The summed E-state index contributed by atoms with van der Waals surface area (Å²) in [7, 11) is 0. The van der Waals surface area contributed by atoms with Crippen molar-refractivity contribution in [2.45, 2.75) is 5.66 Å². The number of nitrogens with zero attached hydrogens (tertiary/aromatic N) is 5. The number of non-ortho nitro benzene ring substituents is 2. The molecule has 140 valence electrons. The Morgan fingerprint density at radius 2 is 1.86 bits per heavy atom. The zero-order valence-electron chi connectivity index (χ0n) is 14.2. The first-order valence-electron chi connectivity index (χ1n) is 8.04. The summed E-state index contributed by atoms with van der Waals surface area (Å²) >= 11 is 5.29. The number of azo groups is 1. The molecule has 0 amide bonds. The summed E-state index contributed by atoms with van der Waals surface area (Å²) in [6.45, 7) is 3.94. The largest absolute Gasteiger partial charge is 0.398 e. The summed E-state index contributed by atoms with van der Waals surface area (Å²) < 4.78 is 0. The number of nitro benzene ring substituents is 2. The van der Waals surface area contributed by atoms with E-state index in [-0.39, 0.29) is 28.7 Å². The smallest absolute Gasteiger partial charge is 0.271 e. The van der Waals surface area contributed by atoms with E-state index in [9.17, 15) is 20.2 Å². The lowest BCUT2D eigenvalue weighted by molar-refractivity contribution is -0.385. The normalized spacial score (nSPS) is 19.0. The highest BCUT2D eigenvalue weighted by molar-refractivity contribution is 7.80. The number of nitro groups is 2. The first-order chi connectivity index (χ1) is 13.3. The van der Waals surface area contributed by atoms with Gasteiger partial charge in [-0.3, -0.25) is 20.2 Å². The minimum absolute atomic E-state index is 0.148. The molecule has 2 aliphatic rings. The van der Waals surface area contributed by atoms with Crippen LogP contribution in [-0.4, -0.2) is 26.4 Å². The van der Waals surface area contributed by atoms with Crippen molar-refractivity contribution in [3.8, 4) is 11.1 Å². The third kappa shape index (κ3) is 2.16. The van der Waals surface area contributed by atoms with Crippen molar-refractivity contribution in [1.82, 2.24) is 4.90 Å². The molecule has 1 aliphatic heterocycles. The van der Waals surface area contributed by atoms with Crippen molar-refractivity contribution in [1.29, 1.82) is 0 Å². The number of nitrogens with two attached hydrogens (primary N) is 1. The van der Waals surface area contributed by atoms with Crippen LogP contribution in [0.2, 0.25) is 0 Å². The van der Waals surface area contributed by atoms with E-state index in [0.717, 1.165) is 0 Å². The van der Waals surface area contributed by atoms with Crippen LogP contribution < -0.4 is 5.73 Å². The van der Waals surface area contributed by atoms with Gasteiger partial charge in [-0.05, 0) is 23.8 Å². The first-order valence-corrected chi connectivity index (χ1v) is 8.45. The number of benzene rings is 2. The van der Waals surface area contributed by atoms with Crippen molar-refractivity contribution in [3.05, 3.63) is 74.3 Å². The van der Waals surface area contributed by atoms with E-state index in [1.807, 2.05) is 0 Å². The van der Waals surface area contributed by atoms with E-state index in [1.165, 1.54) is 24.3 Å². The first kappa shape index (κ1) is 17.7. The molecule has 1 atom stereocenters. The Balaban J connectivity index is 2.12. The molecule has 0 radical (unpaired) electrons. The van der Waals surface area contributed by atoms with Crippen molar-refractivity contribution in [2.24, 2.45) is 10.2 Å². The van der Waals surface area contributed by atoms with Crippen LogP contribution in [0.4, 0.5) is 17.1 Å². The topological polar surface area (TPSA) is 140 Å². The molecule has 11 heteroatoms. The molecule has 4 rings (SSSR count). The van der Waals surface area contributed by atoms with Gasteiger partial charge < -0.3 is 10.6 Å². The van der Waals surface area contributed by atoms with Crippen LogP contribution in [0.5, 0.6) is 0 Å². The van der Waals surface area contributed by atoms with E-state index in [1.54, 1.807) is 17.0 Å². The quantitative estimate of drug-likeness (QED) is 0.274. The van der Waals surface area contributed by atoms with Gasteiger partial charge in [-0.25, -0.2) is 0 Å². The average molecular weight is 396 g/mol. The van der Waals surface area contributed by atoms with Gasteiger partial charge in [0.2, 0.25) is 10.8 Å². The van der Waals surface area contributed by atoms with E-state index in [2.05, 4.69) is 16.8 Å². The van der Waals surface area contributed by atoms with Crippen molar-refractivity contribution >= 4 is 34.4 Å². The lowest BCUT2D eigenvalue weighted by Crippen LogP contribution is -2.43. The van der Waals surface area contributed by atoms with Crippen LogP contribution in [0, 0.1) is 20.2 Å². The fourth-order valence-electron chi connectivity index (χ4n) is 3.73. The van der Waals surface area contributed by atoms with E-state index < -0.39 is 15.5 Å². The van der Waals surface area contributed by atoms with Gasteiger partial charge >= 0.3 is 0 Å². The molecule has 0 saturated heterocycles. The Bertz CT molecular complexity index is 1130. The van der Waals surface area contributed by atoms with Gasteiger partial charge in [0, 0.05) is 53.2 Å². The SMILES string of the molecule is C=CCN1C(=S)N=NC12c1cc([N+](=O)[O-])ccc1-c1c(N)cc([N+](=O)[O-])cc12. The van der Waals surface area contributed by atoms with Gasteiger partial charge in [-0.1, -0.05) is 6.08 Å². The van der Waals surface area contributed by atoms with Crippen LogP contribution >= 0.6 is 12.2 Å². The Labute approximate surface area is 163 Å². The fraction of sp³-hybridized carbons (Fsp3) is 0.118. The lowest BCUT2D eigenvalue weighted by Gasteiger charge is -2.33. The molecule has 1 aliphatic carbocycles. The molecule has 2 aromatic rings. The Hall–Kier alpha value is -3.73. The summed E-state index contributed by atoms with van der Waals surface area (Å²) in [4.78, 5) is 23.3. The molecule has 0 saturated carbocycles. The number of anilines is 1. The van der Waals surface area contributed by atoms with Gasteiger partial charge in [0.1, 0.15) is 0 Å². The lowest BCUT2D eigenvalue weighted by atomic mass is 9.95. The van der Waals surface area contributed by atoms with Crippen LogP contribution in [0.3, 0.4) is 0 Å². The minimum Gasteiger partial charge on any atom is -0.398 e. The second-order valence-corrected chi connectivity index (χ2v) is 6.62. The van der Waals surface area contributed by atoms with Crippen molar-refractivity contribution < 1.29 is 9.85 Å². The highest BCUT2D eigenvalue weighted by atomic mass is 32.1. The molecular weight excluding hydrogens is 384 g/mol. The number of hydrogen-bond donors (Lipinski definition) is 1. The number of fused-ring (bicyclic) bond motifs is 5. The molecule has 0 bridgehead atoms. The highest BCUT2D eigenvalue weighted by Gasteiger charge is 2.54. The standard InChI is InChI=1S/C17H12N6O4S/c1-2-5-21-16(28)19-20-17(21)12-6-9(22(24)25)3-4-11(12)15-13(17)7-10(23(26)27)8-14(15)18/h2-4,6-8H,1,5,18H2. The summed E-state index contributed by atoms with van der Waals surface area (Å²) in [5.74, 6) is 0. The number of rotatable bonds is 4. The molecule has 28 heavy (non-hydrogen) atoms. The fourth-order valence-corrected chi connectivity index (χ4v) is 3.97.